The highest BCUT2D eigenvalue weighted by atomic mass is 32.2. The van der Waals surface area contributed by atoms with Gasteiger partial charge in [-0.3, -0.25) is 0 Å². The van der Waals surface area contributed by atoms with Gasteiger partial charge in [-0.1, -0.05) is 0 Å². The quantitative estimate of drug-likeness (QED) is 0.650. The molecule has 0 radical (unpaired) electrons. The lowest BCUT2D eigenvalue weighted by molar-refractivity contribution is 0.974. The van der Waals surface area contributed by atoms with E-state index in [4.69, 9.17) is 0 Å². The third-order valence-electron chi connectivity index (χ3n) is 1.43. The molecule has 0 amide bonds. The first-order chi connectivity index (χ1) is 4.84. The van der Waals surface area contributed by atoms with Gasteiger partial charge in [0, 0.05) is 11.4 Å². The summed E-state index contributed by atoms with van der Waals surface area (Å²) < 4.78 is 0. The average molecular weight is 154 g/mol. The molecule has 0 bridgehead atoms. The van der Waals surface area contributed by atoms with Gasteiger partial charge < -0.3 is 0 Å². The van der Waals surface area contributed by atoms with Gasteiger partial charge in [-0.2, -0.15) is 22.0 Å². The summed E-state index contributed by atoms with van der Waals surface area (Å²) in [5.41, 5.74) is 1.24. The largest absolute Gasteiger partial charge is 0.159 e. The maximum Gasteiger partial charge on any atom is 0.0539 e. The van der Waals surface area contributed by atoms with Crippen LogP contribution in [-0.2, 0) is 0 Å². The molecule has 1 unspecified atom stereocenters. The summed E-state index contributed by atoms with van der Waals surface area (Å²) >= 11 is 1.81. The molecule has 1 aromatic heterocycles. The molecule has 1 aromatic rings. The number of hydrogen-bond donors (Lipinski definition) is 0. The van der Waals surface area contributed by atoms with E-state index >= 15 is 0 Å². The number of nitrogens with zero attached hydrogens (tertiary/aromatic N) is 2. The van der Waals surface area contributed by atoms with Crippen molar-refractivity contribution >= 4 is 11.8 Å². The molecule has 3 heteroatoms. The van der Waals surface area contributed by atoms with E-state index in [0.717, 1.165) is 0 Å². The normalized spacial score (nSPS) is 13.0. The fraction of sp³-hybridized carbons (Fsp3) is 0.429. The maximum atomic E-state index is 3.79. The Bertz CT molecular complexity index is 188. The first kappa shape index (κ1) is 7.54. The Labute approximate surface area is 65.1 Å². The molecule has 54 valence electrons. The highest BCUT2D eigenvalue weighted by Crippen LogP contribution is 2.23. The first-order valence-electron chi connectivity index (χ1n) is 3.14. The van der Waals surface area contributed by atoms with Gasteiger partial charge in [0.1, 0.15) is 0 Å². The zero-order valence-corrected chi connectivity index (χ0v) is 6.93. The van der Waals surface area contributed by atoms with Crippen molar-refractivity contribution in [3.05, 3.63) is 24.0 Å². The van der Waals surface area contributed by atoms with Crippen LogP contribution in [0.1, 0.15) is 17.7 Å². The van der Waals surface area contributed by atoms with Crippen LogP contribution in [0, 0.1) is 0 Å². The third-order valence-corrected chi connectivity index (χ3v) is 2.41. The molecular weight excluding hydrogens is 144 g/mol. The summed E-state index contributed by atoms with van der Waals surface area (Å²) in [4.78, 5) is 0. The lowest BCUT2D eigenvalue weighted by atomic mass is 10.2. The summed E-state index contributed by atoms with van der Waals surface area (Å²) in [6, 6.07) is 1.99. The van der Waals surface area contributed by atoms with Crippen LogP contribution in [0.3, 0.4) is 0 Å². The van der Waals surface area contributed by atoms with Crippen LogP contribution in [0.25, 0.3) is 0 Å². The van der Waals surface area contributed by atoms with E-state index in [2.05, 4.69) is 23.4 Å². The maximum absolute atomic E-state index is 3.79. The molecule has 0 saturated carbocycles. The van der Waals surface area contributed by atoms with Gasteiger partial charge in [0.25, 0.3) is 0 Å². The van der Waals surface area contributed by atoms with Crippen molar-refractivity contribution in [3.63, 3.8) is 0 Å². The van der Waals surface area contributed by atoms with Gasteiger partial charge in [0.2, 0.25) is 0 Å². The molecule has 0 spiro atoms. The second kappa shape index (κ2) is 3.56. The Kier molecular flexibility index (Phi) is 2.68. The fourth-order valence-electron chi connectivity index (χ4n) is 0.677. The molecule has 2 nitrogen and oxygen atoms in total. The lowest BCUT2D eigenvalue weighted by Crippen LogP contribution is -1.88. The van der Waals surface area contributed by atoms with Gasteiger partial charge in [-0.25, -0.2) is 0 Å². The van der Waals surface area contributed by atoms with Crippen molar-refractivity contribution in [2.75, 3.05) is 6.26 Å². The Morgan fingerprint density at radius 2 is 2.30 bits per heavy atom. The van der Waals surface area contributed by atoms with E-state index < -0.39 is 0 Å². The van der Waals surface area contributed by atoms with E-state index in [1.165, 1.54) is 5.56 Å². The van der Waals surface area contributed by atoms with Gasteiger partial charge >= 0.3 is 0 Å². The topological polar surface area (TPSA) is 25.8 Å². The molecule has 0 aliphatic rings. The second-order valence-electron chi connectivity index (χ2n) is 2.05. The molecule has 1 atom stereocenters. The summed E-state index contributed by atoms with van der Waals surface area (Å²) in [6.07, 6.45) is 5.62. The highest BCUT2D eigenvalue weighted by Gasteiger charge is 2.00. The third kappa shape index (κ3) is 1.70. The molecule has 0 aliphatic heterocycles. The molecule has 0 N–H and O–H groups in total. The van der Waals surface area contributed by atoms with Crippen molar-refractivity contribution in [2.45, 2.75) is 12.2 Å². The predicted molar refractivity (Wildman–Crippen MR) is 44.0 cm³/mol. The van der Waals surface area contributed by atoms with Crippen LogP contribution in [-0.4, -0.2) is 16.5 Å². The molecule has 1 heterocycles. The van der Waals surface area contributed by atoms with E-state index in [1.807, 2.05) is 17.8 Å². The number of rotatable bonds is 2. The minimum atomic E-state index is 0.524. The molecule has 1 rings (SSSR count). The molecule has 10 heavy (non-hydrogen) atoms. The highest BCUT2D eigenvalue weighted by molar-refractivity contribution is 7.98. The Morgan fingerprint density at radius 1 is 1.50 bits per heavy atom. The van der Waals surface area contributed by atoms with E-state index in [9.17, 15) is 0 Å². The Hall–Kier alpha value is -0.570. The Balaban J connectivity index is 2.75. The second-order valence-corrected chi connectivity index (χ2v) is 3.23. The number of aromatic nitrogens is 2. The van der Waals surface area contributed by atoms with E-state index in [-0.39, 0.29) is 0 Å². The summed E-state index contributed by atoms with van der Waals surface area (Å²) in [6.45, 7) is 2.15. The molecule has 0 aromatic carbocycles. The van der Waals surface area contributed by atoms with Gasteiger partial charge in [0.05, 0.1) is 6.20 Å². The van der Waals surface area contributed by atoms with Crippen LogP contribution in [0.15, 0.2) is 18.5 Å². The van der Waals surface area contributed by atoms with Crippen LogP contribution < -0.4 is 0 Å². The molecule has 0 saturated heterocycles. The van der Waals surface area contributed by atoms with Crippen LogP contribution in [0.5, 0.6) is 0 Å². The summed E-state index contributed by atoms with van der Waals surface area (Å²) in [5, 5.41) is 8.02. The zero-order valence-electron chi connectivity index (χ0n) is 6.11. The van der Waals surface area contributed by atoms with Gasteiger partial charge in [0.15, 0.2) is 0 Å². The SMILES string of the molecule is CSC(C)c1ccnnc1. The van der Waals surface area contributed by atoms with Crippen LogP contribution >= 0.6 is 11.8 Å². The zero-order chi connectivity index (χ0) is 7.40. The predicted octanol–water partition coefficient (Wildman–Crippen LogP) is 1.90. The average Bonchev–Trinajstić information content (AvgIpc) is 2.05. The van der Waals surface area contributed by atoms with Crippen LogP contribution in [0.2, 0.25) is 0 Å². The van der Waals surface area contributed by atoms with E-state index in [1.54, 1.807) is 12.4 Å². The summed E-state index contributed by atoms with van der Waals surface area (Å²) in [7, 11) is 0. The lowest BCUT2D eigenvalue weighted by Gasteiger charge is -2.05. The van der Waals surface area contributed by atoms with Crippen molar-refractivity contribution in [1.82, 2.24) is 10.2 Å². The van der Waals surface area contributed by atoms with Crippen LogP contribution in [0.4, 0.5) is 0 Å². The standard InChI is InChI=1S/C7H10N2S/c1-6(10-2)7-3-4-8-9-5-7/h3-6H,1-2H3. The number of hydrogen-bond acceptors (Lipinski definition) is 3. The molecule has 0 aliphatic carbocycles. The minimum Gasteiger partial charge on any atom is -0.159 e. The van der Waals surface area contributed by atoms with Crippen molar-refractivity contribution in [3.8, 4) is 0 Å². The van der Waals surface area contributed by atoms with Crippen molar-refractivity contribution < 1.29 is 0 Å². The minimum absolute atomic E-state index is 0.524. The van der Waals surface area contributed by atoms with Crippen molar-refractivity contribution in [1.29, 1.82) is 0 Å². The molecular formula is C7H10N2S. The first-order valence-corrected chi connectivity index (χ1v) is 4.42. The van der Waals surface area contributed by atoms with Crippen molar-refractivity contribution in [2.24, 2.45) is 0 Å². The summed E-state index contributed by atoms with van der Waals surface area (Å²) in [5.74, 6) is 0. The smallest absolute Gasteiger partial charge is 0.0539 e. The van der Waals surface area contributed by atoms with E-state index in [0.29, 0.717) is 5.25 Å². The molecule has 0 fully saturated rings. The van der Waals surface area contributed by atoms with Gasteiger partial charge in [-0.05, 0) is 24.8 Å². The fourth-order valence-corrected chi connectivity index (χ4v) is 1.09. The monoisotopic (exact) mass is 154 g/mol. The van der Waals surface area contributed by atoms with Gasteiger partial charge in [-0.15, -0.1) is 0 Å². The number of thioether (sulfide) groups is 1. The Morgan fingerprint density at radius 3 is 2.80 bits per heavy atom.